The molecule has 1 saturated heterocycles. The zero-order valence-corrected chi connectivity index (χ0v) is 23.8. The van der Waals surface area contributed by atoms with Crippen LogP contribution in [-0.2, 0) is 27.2 Å². The molecule has 5 rings (SSSR count). The SMILES string of the molecule is C=CN.Cc1ccc(-c2nc3ccc(N)c(C=N)c3c3c2CCCC3)cn1.NCCNC=O.O=CN1CCOCC1. The Labute approximate surface area is 241 Å². The third kappa shape index (κ3) is 9.66. The van der Waals surface area contributed by atoms with E-state index in [9.17, 15) is 9.59 Å². The lowest BCUT2D eigenvalue weighted by atomic mass is 9.85. The summed E-state index contributed by atoms with van der Waals surface area (Å²) in [4.78, 5) is 30.5. The van der Waals surface area contributed by atoms with Crippen LogP contribution in [0.15, 0.2) is 43.2 Å². The number of hydrogen-bond donors (Lipinski definition) is 5. The fourth-order valence-electron chi connectivity index (χ4n) is 4.49. The van der Waals surface area contributed by atoms with Gasteiger partial charge in [-0.1, -0.05) is 6.58 Å². The van der Waals surface area contributed by atoms with Gasteiger partial charge >= 0.3 is 0 Å². The van der Waals surface area contributed by atoms with Gasteiger partial charge in [0.05, 0.1) is 24.4 Å². The number of carbonyl (C=O) groups is 2. The second kappa shape index (κ2) is 18.1. The van der Waals surface area contributed by atoms with Crippen molar-refractivity contribution >= 4 is 35.6 Å². The molecule has 41 heavy (non-hydrogen) atoms. The standard InChI is InChI=1S/C20H20N4.C5H9NO2.C3H8N2O.C2H5N/c1-12-6-7-13(11-23-12)20-15-5-3-2-4-14(15)19-16(10-21)17(22)8-9-18(19)24-20;7-5-6-1-3-8-4-2-6;4-1-2-5-3-6;1-2-3/h6-11,21H,2-5,22H2,1H3;5H,1-4H2;3H,1-2,4H2,(H,5,6);2H,1,3H2. The number of nitrogens with one attached hydrogen (secondary N) is 2. The average molecular weight is 563 g/mol. The van der Waals surface area contributed by atoms with Gasteiger partial charge in [-0.2, -0.15) is 0 Å². The van der Waals surface area contributed by atoms with Crippen LogP contribution >= 0.6 is 0 Å². The molecule has 0 spiro atoms. The molecule has 1 fully saturated rings. The van der Waals surface area contributed by atoms with E-state index in [0.29, 0.717) is 38.4 Å². The number of nitrogens with zero attached hydrogens (tertiary/aromatic N) is 3. The summed E-state index contributed by atoms with van der Waals surface area (Å²) in [5, 5.41) is 11.2. The largest absolute Gasteiger partial charge is 0.405 e. The van der Waals surface area contributed by atoms with E-state index in [1.807, 2.05) is 31.3 Å². The molecule has 1 aromatic carbocycles. The Balaban J connectivity index is 0.000000284. The molecule has 3 aromatic rings. The van der Waals surface area contributed by atoms with Crippen molar-refractivity contribution in [3.05, 3.63) is 65.6 Å². The number of pyridine rings is 2. The van der Waals surface area contributed by atoms with Gasteiger partial charge in [-0.05, 0) is 74.2 Å². The number of nitrogen functional groups attached to an aromatic ring is 1. The van der Waals surface area contributed by atoms with E-state index in [1.54, 1.807) is 4.90 Å². The van der Waals surface area contributed by atoms with Crippen LogP contribution in [0.1, 0.15) is 35.2 Å². The van der Waals surface area contributed by atoms with E-state index < -0.39 is 0 Å². The Kier molecular flexibility index (Phi) is 14.5. The number of nitrogens with two attached hydrogens (primary N) is 3. The maximum Gasteiger partial charge on any atom is 0.209 e. The van der Waals surface area contributed by atoms with Crippen molar-refractivity contribution in [1.29, 1.82) is 5.41 Å². The molecule has 2 aliphatic rings. The van der Waals surface area contributed by atoms with Gasteiger partial charge in [0.25, 0.3) is 0 Å². The number of ether oxygens (including phenoxy) is 1. The number of carbonyl (C=O) groups excluding carboxylic acids is 2. The van der Waals surface area contributed by atoms with Crippen molar-refractivity contribution in [2.75, 3.05) is 45.1 Å². The average Bonchev–Trinajstić information content (AvgIpc) is 3.01. The minimum Gasteiger partial charge on any atom is -0.405 e. The van der Waals surface area contributed by atoms with Crippen LogP contribution in [0.3, 0.4) is 0 Å². The highest BCUT2D eigenvalue weighted by Crippen LogP contribution is 2.37. The van der Waals surface area contributed by atoms with Crippen LogP contribution in [0, 0.1) is 12.3 Å². The lowest BCUT2D eigenvalue weighted by Crippen LogP contribution is -2.34. The predicted octanol–water partition coefficient (Wildman–Crippen LogP) is 2.32. The minimum atomic E-state index is 0.513. The van der Waals surface area contributed by atoms with Crippen LogP contribution in [0.5, 0.6) is 0 Å². The van der Waals surface area contributed by atoms with E-state index in [0.717, 1.165) is 65.8 Å². The van der Waals surface area contributed by atoms with E-state index in [4.69, 9.17) is 26.6 Å². The van der Waals surface area contributed by atoms with Gasteiger partial charge in [-0.25, -0.2) is 4.98 Å². The highest BCUT2D eigenvalue weighted by molar-refractivity contribution is 6.05. The van der Waals surface area contributed by atoms with Crippen LogP contribution in [-0.4, -0.2) is 73.3 Å². The highest BCUT2D eigenvalue weighted by atomic mass is 16.5. The first kappa shape index (κ1) is 32.9. The second-order valence-electron chi connectivity index (χ2n) is 9.27. The number of benzene rings is 1. The summed E-state index contributed by atoms with van der Waals surface area (Å²) >= 11 is 0. The highest BCUT2D eigenvalue weighted by Gasteiger charge is 2.21. The molecular formula is C30H42N8O3. The summed E-state index contributed by atoms with van der Waals surface area (Å²) in [6, 6.07) is 7.95. The molecule has 2 amide bonds. The molecule has 0 bridgehead atoms. The maximum absolute atomic E-state index is 10.0. The first-order valence-corrected chi connectivity index (χ1v) is 13.6. The van der Waals surface area contributed by atoms with E-state index in [-0.39, 0.29) is 0 Å². The van der Waals surface area contributed by atoms with Crippen LogP contribution in [0.4, 0.5) is 5.69 Å². The van der Waals surface area contributed by atoms with Crippen molar-refractivity contribution in [2.24, 2.45) is 11.5 Å². The zero-order chi connectivity index (χ0) is 30.0. The number of amides is 2. The molecule has 0 radical (unpaired) electrons. The smallest absolute Gasteiger partial charge is 0.209 e. The number of rotatable bonds is 6. The zero-order valence-electron chi connectivity index (χ0n) is 23.8. The first-order chi connectivity index (χ1) is 19.9. The summed E-state index contributed by atoms with van der Waals surface area (Å²) in [6.45, 7) is 9.11. The Morgan fingerprint density at radius 3 is 2.32 bits per heavy atom. The minimum absolute atomic E-state index is 0.513. The molecule has 0 saturated carbocycles. The molecule has 1 aliphatic heterocycles. The Bertz CT molecular complexity index is 1280. The molecule has 1 aliphatic carbocycles. The fourth-order valence-corrected chi connectivity index (χ4v) is 4.49. The van der Waals surface area contributed by atoms with Crippen molar-refractivity contribution < 1.29 is 14.3 Å². The van der Waals surface area contributed by atoms with E-state index in [2.05, 4.69) is 28.7 Å². The number of anilines is 1. The van der Waals surface area contributed by atoms with E-state index in [1.165, 1.54) is 36.4 Å². The molecular weight excluding hydrogens is 520 g/mol. The fraction of sp³-hybridized carbons (Fsp3) is 0.367. The van der Waals surface area contributed by atoms with Crippen molar-refractivity contribution in [2.45, 2.75) is 32.6 Å². The van der Waals surface area contributed by atoms with Crippen molar-refractivity contribution in [1.82, 2.24) is 20.2 Å². The van der Waals surface area contributed by atoms with Crippen LogP contribution in [0.2, 0.25) is 0 Å². The van der Waals surface area contributed by atoms with Gasteiger partial charge in [-0.15, -0.1) is 0 Å². The third-order valence-corrected chi connectivity index (χ3v) is 6.44. The summed E-state index contributed by atoms with van der Waals surface area (Å²) in [5.74, 6) is 0. The van der Waals surface area contributed by atoms with E-state index >= 15 is 0 Å². The van der Waals surface area contributed by atoms with Gasteiger partial charge in [0.2, 0.25) is 12.8 Å². The van der Waals surface area contributed by atoms with Gasteiger partial charge in [-0.3, -0.25) is 14.6 Å². The summed E-state index contributed by atoms with van der Waals surface area (Å²) < 4.78 is 5.00. The number of aryl methyl sites for hydroxylation is 2. The Hall–Kier alpha value is -4.35. The van der Waals surface area contributed by atoms with Crippen LogP contribution in [0.25, 0.3) is 22.2 Å². The number of morpholine rings is 1. The predicted molar refractivity (Wildman–Crippen MR) is 165 cm³/mol. The molecule has 11 heteroatoms. The van der Waals surface area contributed by atoms with Gasteiger partial charge in [0.15, 0.2) is 0 Å². The topological polar surface area (TPSA) is 186 Å². The normalized spacial score (nSPS) is 13.5. The molecule has 11 nitrogen and oxygen atoms in total. The van der Waals surface area contributed by atoms with Gasteiger partial charge in [0.1, 0.15) is 0 Å². The second-order valence-corrected chi connectivity index (χ2v) is 9.27. The molecule has 2 aromatic heterocycles. The van der Waals surface area contributed by atoms with Crippen molar-refractivity contribution in [3.8, 4) is 11.3 Å². The maximum atomic E-state index is 10.0. The lowest BCUT2D eigenvalue weighted by Gasteiger charge is -2.22. The van der Waals surface area contributed by atoms with Crippen LogP contribution < -0.4 is 22.5 Å². The lowest BCUT2D eigenvalue weighted by molar-refractivity contribution is -0.121. The summed E-state index contributed by atoms with van der Waals surface area (Å²) in [5.41, 5.74) is 23.8. The monoisotopic (exact) mass is 562 g/mol. The molecule has 0 atom stereocenters. The van der Waals surface area contributed by atoms with Gasteiger partial charge < -0.3 is 37.6 Å². The summed E-state index contributed by atoms with van der Waals surface area (Å²) in [7, 11) is 0. The molecule has 8 N–H and O–H groups in total. The number of aromatic nitrogens is 2. The van der Waals surface area contributed by atoms with Gasteiger partial charge in [0, 0.05) is 66.5 Å². The summed E-state index contributed by atoms with van der Waals surface area (Å²) in [6.07, 6.45) is 10.4. The quantitative estimate of drug-likeness (QED) is 0.131. The number of hydrogen-bond acceptors (Lipinski definition) is 9. The number of fused-ring (bicyclic) bond motifs is 3. The molecule has 3 heterocycles. The molecule has 220 valence electrons. The van der Waals surface area contributed by atoms with Crippen molar-refractivity contribution in [3.63, 3.8) is 0 Å². The Morgan fingerprint density at radius 1 is 1.12 bits per heavy atom. The Morgan fingerprint density at radius 2 is 1.80 bits per heavy atom. The first-order valence-electron chi connectivity index (χ1n) is 13.6. The third-order valence-electron chi connectivity index (χ3n) is 6.44. The molecule has 0 unspecified atom stereocenters.